The van der Waals surface area contributed by atoms with E-state index in [-0.39, 0.29) is 12.1 Å². The van der Waals surface area contributed by atoms with E-state index in [2.05, 4.69) is 15.6 Å². The van der Waals surface area contributed by atoms with Crippen LogP contribution in [0, 0.1) is 0 Å². The van der Waals surface area contributed by atoms with Crippen molar-refractivity contribution >= 4 is 32.6 Å². The standard InChI is InChI=1S/C17H24N4O3S/c1-25(23,24)21-11-3-2-4-15(21)8-10-19-17(22)20-14-5-6-16-13(12-14)7-9-18-16/h5-7,9,12,15,18H,2-4,8,10-11H2,1H3,(H2,19,20,22)/t15-/m0/s1. The average molecular weight is 364 g/mol. The Labute approximate surface area is 147 Å². The van der Waals surface area contributed by atoms with Gasteiger partial charge in [-0.1, -0.05) is 6.42 Å². The summed E-state index contributed by atoms with van der Waals surface area (Å²) in [6, 6.07) is 7.29. The van der Waals surface area contributed by atoms with Crippen molar-refractivity contribution in [2.24, 2.45) is 0 Å². The summed E-state index contributed by atoms with van der Waals surface area (Å²) in [6.45, 7) is 1.02. The summed E-state index contributed by atoms with van der Waals surface area (Å²) in [5.74, 6) is 0. The number of rotatable bonds is 5. The smallest absolute Gasteiger partial charge is 0.319 e. The number of benzene rings is 1. The molecule has 0 radical (unpaired) electrons. The van der Waals surface area contributed by atoms with Crippen LogP contribution in [0.15, 0.2) is 30.5 Å². The molecule has 0 bridgehead atoms. The molecule has 7 nitrogen and oxygen atoms in total. The molecule has 0 unspecified atom stereocenters. The number of urea groups is 1. The Kier molecular flexibility index (Phi) is 5.29. The van der Waals surface area contributed by atoms with E-state index in [1.165, 1.54) is 6.26 Å². The van der Waals surface area contributed by atoms with Crippen LogP contribution in [0.4, 0.5) is 10.5 Å². The van der Waals surface area contributed by atoms with Gasteiger partial charge in [0.05, 0.1) is 6.26 Å². The fraction of sp³-hybridized carbons (Fsp3) is 0.471. The number of nitrogens with one attached hydrogen (secondary N) is 3. The van der Waals surface area contributed by atoms with E-state index in [4.69, 9.17) is 0 Å². The molecule has 0 saturated carbocycles. The summed E-state index contributed by atoms with van der Waals surface area (Å²) in [4.78, 5) is 15.1. The molecule has 1 fully saturated rings. The Morgan fingerprint density at radius 2 is 2.16 bits per heavy atom. The normalized spacial score (nSPS) is 19.0. The lowest BCUT2D eigenvalue weighted by atomic mass is 10.0. The number of aromatic nitrogens is 1. The van der Waals surface area contributed by atoms with E-state index in [9.17, 15) is 13.2 Å². The molecule has 2 aromatic rings. The lowest BCUT2D eigenvalue weighted by Crippen LogP contribution is -2.44. The van der Waals surface area contributed by atoms with Crippen LogP contribution in [-0.2, 0) is 10.0 Å². The predicted molar refractivity (Wildman–Crippen MR) is 99.1 cm³/mol. The number of fused-ring (bicyclic) bond motifs is 1. The molecular formula is C17H24N4O3S. The Balaban J connectivity index is 1.50. The molecule has 1 aromatic heterocycles. The Morgan fingerprint density at radius 3 is 2.96 bits per heavy atom. The molecule has 8 heteroatoms. The predicted octanol–water partition coefficient (Wildman–Crippen LogP) is 2.49. The number of sulfonamides is 1. The van der Waals surface area contributed by atoms with E-state index in [1.54, 1.807) is 4.31 Å². The van der Waals surface area contributed by atoms with Gasteiger partial charge in [-0.25, -0.2) is 13.2 Å². The lowest BCUT2D eigenvalue weighted by molar-refractivity contribution is 0.235. The van der Waals surface area contributed by atoms with Crippen molar-refractivity contribution in [2.45, 2.75) is 31.7 Å². The van der Waals surface area contributed by atoms with Crippen LogP contribution in [0.3, 0.4) is 0 Å². The van der Waals surface area contributed by atoms with Crippen molar-refractivity contribution in [3.8, 4) is 0 Å². The Hall–Kier alpha value is -2.06. The minimum atomic E-state index is -3.19. The summed E-state index contributed by atoms with van der Waals surface area (Å²) >= 11 is 0. The number of amides is 2. The Bertz CT molecular complexity index is 846. The maximum atomic E-state index is 12.0. The van der Waals surface area contributed by atoms with Gasteiger partial charge in [0.25, 0.3) is 0 Å². The van der Waals surface area contributed by atoms with Crippen molar-refractivity contribution in [1.82, 2.24) is 14.6 Å². The van der Waals surface area contributed by atoms with Gasteiger partial charge >= 0.3 is 6.03 Å². The molecule has 0 aliphatic carbocycles. The zero-order chi connectivity index (χ0) is 17.9. The monoisotopic (exact) mass is 364 g/mol. The molecule has 2 heterocycles. The van der Waals surface area contributed by atoms with Crippen molar-refractivity contribution < 1.29 is 13.2 Å². The van der Waals surface area contributed by atoms with Crippen molar-refractivity contribution in [2.75, 3.05) is 24.7 Å². The molecule has 25 heavy (non-hydrogen) atoms. The molecular weight excluding hydrogens is 340 g/mol. The molecule has 1 aliphatic heterocycles. The number of piperidine rings is 1. The molecule has 1 atom stereocenters. The Morgan fingerprint density at radius 1 is 1.32 bits per heavy atom. The summed E-state index contributed by atoms with van der Waals surface area (Å²) in [5, 5.41) is 6.65. The zero-order valence-electron chi connectivity index (χ0n) is 14.3. The molecule has 3 N–H and O–H groups in total. The molecule has 1 aliphatic rings. The topological polar surface area (TPSA) is 94.3 Å². The van der Waals surface area contributed by atoms with Crippen LogP contribution >= 0.6 is 0 Å². The van der Waals surface area contributed by atoms with Gasteiger partial charge in [0, 0.05) is 41.9 Å². The third-order valence-corrected chi connectivity index (χ3v) is 5.91. The third kappa shape index (κ3) is 4.52. The first-order valence-corrected chi connectivity index (χ1v) is 10.4. The summed E-state index contributed by atoms with van der Waals surface area (Å²) in [7, 11) is -3.19. The fourth-order valence-electron chi connectivity index (χ4n) is 3.36. The summed E-state index contributed by atoms with van der Waals surface area (Å²) in [6.07, 6.45) is 6.51. The largest absolute Gasteiger partial charge is 0.361 e. The van der Waals surface area contributed by atoms with Crippen molar-refractivity contribution in [3.05, 3.63) is 30.5 Å². The summed E-state index contributed by atoms with van der Waals surface area (Å²) < 4.78 is 25.3. The van der Waals surface area contributed by atoms with E-state index in [0.29, 0.717) is 19.5 Å². The first-order chi connectivity index (χ1) is 11.9. The minimum absolute atomic E-state index is 0.0275. The minimum Gasteiger partial charge on any atom is -0.361 e. The van der Waals surface area contributed by atoms with Gasteiger partial charge in [0.15, 0.2) is 0 Å². The highest BCUT2D eigenvalue weighted by Crippen LogP contribution is 2.22. The van der Waals surface area contributed by atoms with Crippen LogP contribution in [0.5, 0.6) is 0 Å². The number of aromatic amines is 1. The highest BCUT2D eigenvalue weighted by molar-refractivity contribution is 7.88. The number of carbonyl (C=O) groups is 1. The maximum Gasteiger partial charge on any atom is 0.319 e. The number of anilines is 1. The number of carbonyl (C=O) groups excluding carboxylic acids is 1. The van der Waals surface area contributed by atoms with Crippen molar-refractivity contribution in [1.29, 1.82) is 0 Å². The quantitative estimate of drug-likeness (QED) is 0.761. The van der Waals surface area contributed by atoms with Gasteiger partial charge in [-0.05, 0) is 43.5 Å². The lowest BCUT2D eigenvalue weighted by Gasteiger charge is -2.33. The van der Waals surface area contributed by atoms with Crippen LogP contribution in [0.2, 0.25) is 0 Å². The summed E-state index contributed by atoms with van der Waals surface area (Å²) in [5.41, 5.74) is 1.74. The van der Waals surface area contributed by atoms with Gasteiger partial charge < -0.3 is 15.6 Å². The number of nitrogens with zero attached hydrogens (tertiary/aromatic N) is 1. The highest BCUT2D eigenvalue weighted by atomic mass is 32.2. The third-order valence-electron chi connectivity index (χ3n) is 4.57. The second kappa shape index (κ2) is 7.45. The van der Waals surface area contributed by atoms with E-state index >= 15 is 0 Å². The fourth-order valence-corrected chi connectivity index (χ4v) is 4.57. The number of hydrogen-bond acceptors (Lipinski definition) is 3. The molecule has 3 rings (SSSR count). The zero-order valence-corrected chi connectivity index (χ0v) is 15.1. The van der Waals surface area contributed by atoms with Gasteiger partial charge in [0.1, 0.15) is 0 Å². The van der Waals surface area contributed by atoms with Crippen LogP contribution < -0.4 is 10.6 Å². The first kappa shape index (κ1) is 17.8. The van der Waals surface area contributed by atoms with Gasteiger partial charge in [-0.15, -0.1) is 0 Å². The van der Waals surface area contributed by atoms with E-state index < -0.39 is 10.0 Å². The second-order valence-corrected chi connectivity index (χ2v) is 8.41. The van der Waals surface area contributed by atoms with Gasteiger partial charge in [-0.2, -0.15) is 4.31 Å². The average Bonchev–Trinajstić information content (AvgIpc) is 3.02. The SMILES string of the molecule is CS(=O)(=O)N1CCCC[C@H]1CCNC(=O)Nc1ccc2[nH]ccc2c1. The van der Waals surface area contributed by atoms with Crippen LogP contribution in [0.1, 0.15) is 25.7 Å². The molecule has 0 spiro atoms. The van der Waals surface area contributed by atoms with Crippen LogP contribution in [0.25, 0.3) is 10.9 Å². The molecule has 2 amide bonds. The number of H-pyrrole nitrogens is 1. The molecule has 1 aromatic carbocycles. The van der Waals surface area contributed by atoms with Crippen LogP contribution in [-0.4, -0.2) is 49.1 Å². The highest BCUT2D eigenvalue weighted by Gasteiger charge is 2.28. The van der Waals surface area contributed by atoms with E-state index in [0.717, 1.165) is 35.9 Å². The van der Waals surface area contributed by atoms with Gasteiger partial charge in [0.2, 0.25) is 10.0 Å². The van der Waals surface area contributed by atoms with Crippen molar-refractivity contribution in [3.63, 3.8) is 0 Å². The first-order valence-electron chi connectivity index (χ1n) is 8.52. The van der Waals surface area contributed by atoms with Gasteiger partial charge in [-0.3, -0.25) is 0 Å². The maximum absolute atomic E-state index is 12.0. The second-order valence-electron chi connectivity index (χ2n) is 6.47. The van der Waals surface area contributed by atoms with E-state index in [1.807, 2.05) is 30.5 Å². The number of hydrogen-bond donors (Lipinski definition) is 3. The molecule has 136 valence electrons. The molecule has 1 saturated heterocycles.